The largest absolute Gasteiger partial charge is 0.381 e. The molecule has 1 aromatic carbocycles. The van der Waals surface area contributed by atoms with E-state index in [1.54, 1.807) is 13.3 Å². The lowest BCUT2D eigenvalue weighted by molar-refractivity contribution is -0.116. The van der Waals surface area contributed by atoms with Crippen LogP contribution in [0.3, 0.4) is 0 Å². The van der Waals surface area contributed by atoms with Crippen molar-refractivity contribution in [1.29, 1.82) is 0 Å². The summed E-state index contributed by atoms with van der Waals surface area (Å²) in [5.41, 5.74) is 4.55. The van der Waals surface area contributed by atoms with Crippen molar-refractivity contribution in [3.8, 4) is 0 Å². The second kappa shape index (κ2) is 9.43. The van der Waals surface area contributed by atoms with Crippen LogP contribution in [0.2, 0.25) is 0 Å². The van der Waals surface area contributed by atoms with Crippen LogP contribution in [0, 0.1) is 6.92 Å². The van der Waals surface area contributed by atoms with Crippen LogP contribution < -0.4 is 10.2 Å². The second-order valence-corrected chi connectivity index (χ2v) is 9.88. The van der Waals surface area contributed by atoms with Crippen molar-refractivity contribution in [3.05, 3.63) is 41.9 Å². The summed E-state index contributed by atoms with van der Waals surface area (Å²) in [6.45, 7) is 8.10. The molecule has 1 N–H and O–H groups in total. The lowest BCUT2D eigenvalue weighted by Gasteiger charge is -2.38. The molecule has 2 aromatic rings. The maximum Gasteiger partial charge on any atom is 0.265 e. The number of carbonyl (C=O) groups excluding carboxylic acids is 1. The fourth-order valence-corrected chi connectivity index (χ4v) is 5.43. The average molecular weight is 463 g/mol. The highest BCUT2D eigenvalue weighted by atomic mass is 16.5. The van der Waals surface area contributed by atoms with Crippen molar-refractivity contribution in [2.75, 3.05) is 44.8 Å². The Morgan fingerprint density at radius 1 is 1.18 bits per heavy atom. The number of aromatic nitrogens is 2. The Morgan fingerprint density at radius 3 is 2.68 bits per heavy atom. The number of ether oxygens (including phenoxy) is 1. The number of rotatable bonds is 4. The van der Waals surface area contributed by atoms with Crippen LogP contribution in [0.25, 0.3) is 0 Å². The van der Waals surface area contributed by atoms with Crippen molar-refractivity contribution in [2.24, 2.45) is 4.99 Å². The van der Waals surface area contributed by atoms with Crippen molar-refractivity contribution < 1.29 is 9.53 Å². The third-order valence-electron chi connectivity index (χ3n) is 7.58. The minimum Gasteiger partial charge on any atom is -0.381 e. The van der Waals surface area contributed by atoms with Crippen LogP contribution >= 0.6 is 0 Å². The number of carbonyl (C=O) groups is 1. The molecule has 4 heterocycles. The Kier molecular flexibility index (Phi) is 6.36. The van der Waals surface area contributed by atoms with Gasteiger partial charge in [-0.15, -0.1) is 0 Å². The molecule has 8 nitrogen and oxygen atoms in total. The van der Waals surface area contributed by atoms with Crippen LogP contribution in [0.5, 0.6) is 0 Å². The molecule has 0 radical (unpaired) electrons. The normalized spacial score (nSPS) is 21.0. The van der Waals surface area contributed by atoms with Crippen molar-refractivity contribution in [1.82, 2.24) is 20.2 Å². The zero-order chi connectivity index (χ0) is 23.7. The zero-order valence-electron chi connectivity index (χ0n) is 20.4. The highest BCUT2D eigenvalue weighted by molar-refractivity contribution is 6.38. The Hall–Kier alpha value is -2.84. The number of hydrogen-bond donors (Lipinski definition) is 1. The standard InChI is InChI=1S/C26H34N6O2/c1-18-23(29-19(2)25(33)30-20-8-14-34-15-9-20)24(28-17-27-18)32-16-26(10-12-31(3)13-11-26)21-6-4-5-7-22(21)32/h4-7,17,20H,8-16H2,1-3H3,(H,30,33). The molecule has 2 fully saturated rings. The molecule has 0 aliphatic carbocycles. The van der Waals surface area contributed by atoms with Gasteiger partial charge in [-0.1, -0.05) is 18.2 Å². The maximum absolute atomic E-state index is 12.9. The number of nitrogens with one attached hydrogen (secondary N) is 1. The summed E-state index contributed by atoms with van der Waals surface area (Å²) in [6, 6.07) is 8.80. The number of nitrogens with zero attached hydrogens (tertiary/aromatic N) is 5. The lowest BCUT2D eigenvalue weighted by atomic mass is 9.74. The Labute approximate surface area is 201 Å². The monoisotopic (exact) mass is 462 g/mol. The number of anilines is 2. The number of fused-ring (bicyclic) bond motifs is 2. The number of aryl methyl sites for hydroxylation is 1. The molecule has 180 valence electrons. The number of aliphatic imine (C=N–C) groups is 1. The molecule has 1 spiro atoms. The first-order valence-electron chi connectivity index (χ1n) is 12.3. The van der Waals surface area contributed by atoms with Gasteiger partial charge < -0.3 is 19.9 Å². The SMILES string of the molecule is CC(=Nc1c(C)ncnc1N1CC2(CCN(C)CC2)c2ccccc21)C(=O)NC1CCOCC1. The molecule has 5 rings (SSSR count). The van der Waals surface area contributed by atoms with Gasteiger partial charge in [0.2, 0.25) is 0 Å². The number of likely N-dealkylation sites (tertiary alicyclic amines) is 1. The Bertz CT molecular complexity index is 1090. The molecule has 8 heteroatoms. The molecule has 0 saturated carbocycles. The van der Waals surface area contributed by atoms with Crippen molar-refractivity contribution >= 4 is 28.8 Å². The fraction of sp³-hybridized carbons (Fsp3) is 0.538. The minimum absolute atomic E-state index is 0.110. The first-order chi connectivity index (χ1) is 16.5. The van der Waals surface area contributed by atoms with E-state index in [2.05, 4.69) is 51.4 Å². The summed E-state index contributed by atoms with van der Waals surface area (Å²) < 4.78 is 5.40. The van der Waals surface area contributed by atoms with E-state index < -0.39 is 0 Å². The van der Waals surface area contributed by atoms with Gasteiger partial charge in [-0.2, -0.15) is 0 Å². The van der Waals surface area contributed by atoms with E-state index in [-0.39, 0.29) is 17.4 Å². The first kappa shape index (κ1) is 22.9. The van der Waals surface area contributed by atoms with E-state index in [0.29, 0.717) is 24.6 Å². The number of benzene rings is 1. The van der Waals surface area contributed by atoms with Gasteiger partial charge in [0.25, 0.3) is 5.91 Å². The number of hydrogen-bond acceptors (Lipinski definition) is 7. The third kappa shape index (κ3) is 4.32. The van der Waals surface area contributed by atoms with Crippen molar-refractivity contribution in [2.45, 2.75) is 51.0 Å². The lowest BCUT2D eigenvalue weighted by Crippen LogP contribution is -2.43. The summed E-state index contributed by atoms with van der Waals surface area (Å²) in [5.74, 6) is 0.628. The Balaban J connectivity index is 1.47. The highest BCUT2D eigenvalue weighted by Gasteiger charge is 2.45. The molecule has 3 aliphatic heterocycles. The maximum atomic E-state index is 12.9. The molecule has 0 atom stereocenters. The van der Waals surface area contributed by atoms with Crippen molar-refractivity contribution in [3.63, 3.8) is 0 Å². The fourth-order valence-electron chi connectivity index (χ4n) is 5.43. The first-order valence-corrected chi connectivity index (χ1v) is 12.3. The molecule has 1 aromatic heterocycles. The van der Waals surface area contributed by atoms with E-state index in [1.807, 2.05) is 6.92 Å². The van der Waals surface area contributed by atoms with Gasteiger partial charge in [-0.3, -0.25) is 4.79 Å². The number of amides is 1. The van der Waals surface area contributed by atoms with E-state index in [4.69, 9.17) is 14.7 Å². The quantitative estimate of drug-likeness (QED) is 0.702. The summed E-state index contributed by atoms with van der Waals surface area (Å²) >= 11 is 0. The Morgan fingerprint density at radius 2 is 1.91 bits per heavy atom. The van der Waals surface area contributed by atoms with E-state index in [1.165, 1.54) is 11.3 Å². The van der Waals surface area contributed by atoms with Gasteiger partial charge in [-0.25, -0.2) is 15.0 Å². The highest BCUT2D eigenvalue weighted by Crippen LogP contribution is 2.50. The summed E-state index contributed by atoms with van der Waals surface area (Å²) in [5, 5.41) is 3.10. The molecule has 34 heavy (non-hydrogen) atoms. The molecule has 0 bridgehead atoms. The van der Waals surface area contributed by atoms with Gasteiger partial charge in [0.1, 0.15) is 17.7 Å². The topological polar surface area (TPSA) is 83.0 Å². The van der Waals surface area contributed by atoms with Crippen LogP contribution in [0.15, 0.2) is 35.6 Å². The van der Waals surface area contributed by atoms with Crippen LogP contribution in [-0.4, -0.2) is 72.4 Å². The third-order valence-corrected chi connectivity index (χ3v) is 7.58. The number of piperidine rings is 1. The van der Waals surface area contributed by atoms with Crippen LogP contribution in [0.1, 0.15) is 43.9 Å². The van der Waals surface area contributed by atoms with E-state index >= 15 is 0 Å². The van der Waals surface area contributed by atoms with Gasteiger partial charge in [-0.05, 0) is 71.3 Å². The molecule has 1 amide bonds. The average Bonchev–Trinajstić information content (AvgIpc) is 3.17. The summed E-state index contributed by atoms with van der Waals surface area (Å²) in [7, 11) is 2.19. The molecular weight excluding hydrogens is 428 g/mol. The second-order valence-electron chi connectivity index (χ2n) is 9.88. The van der Waals surface area contributed by atoms with Gasteiger partial charge in [0, 0.05) is 36.9 Å². The van der Waals surface area contributed by atoms with E-state index in [0.717, 1.165) is 56.8 Å². The molecule has 2 saturated heterocycles. The minimum atomic E-state index is -0.144. The van der Waals surface area contributed by atoms with E-state index in [9.17, 15) is 4.79 Å². The predicted octanol–water partition coefficient (Wildman–Crippen LogP) is 3.29. The smallest absolute Gasteiger partial charge is 0.265 e. The van der Waals surface area contributed by atoms with Crippen LogP contribution in [0.4, 0.5) is 17.2 Å². The van der Waals surface area contributed by atoms with Gasteiger partial charge >= 0.3 is 0 Å². The summed E-state index contributed by atoms with van der Waals surface area (Å²) in [6.07, 6.45) is 5.50. The summed E-state index contributed by atoms with van der Waals surface area (Å²) in [4.78, 5) is 31.5. The molecule has 3 aliphatic rings. The molecule has 0 unspecified atom stereocenters. The van der Waals surface area contributed by atoms with Gasteiger partial charge in [0.15, 0.2) is 5.82 Å². The van der Waals surface area contributed by atoms with Crippen LogP contribution in [-0.2, 0) is 14.9 Å². The zero-order valence-corrected chi connectivity index (χ0v) is 20.4. The van der Waals surface area contributed by atoms with Gasteiger partial charge in [0.05, 0.1) is 5.69 Å². The number of para-hydroxylation sites is 1. The predicted molar refractivity (Wildman–Crippen MR) is 133 cm³/mol. The molecular formula is C26H34N6O2.